The van der Waals surface area contributed by atoms with E-state index < -0.39 is 0 Å². The number of anilines is 1. The molecule has 2 aromatic carbocycles. The van der Waals surface area contributed by atoms with E-state index in [2.05, 4.69) is 5.32 Å². The number of benzene rings is 2. The predicted molar refractivity (Wildman–Crippen MR) is 89.3 cm³/mol. The third-order valence-corrected chi connectivity index (χ3v) is 3.35. The minimum atomic E-state index is -0.177. The van der Waals surface area contributed by atoms with E-state index in [-0.39, 0.29) is 5.91 Å². The van der Waals surface area contributed by atoms with Crippen molar-refractivity contribution in [3.63, 3.8) is 0 Å². The second-order valence-corrected chi connectivity index (χ2v) is 5.35. The lowest BCUT2D eigenvalue weighted by atomic mass is 10.1. The van der Waals surface area contributed by atoms with Crippen LogP contribution < -0.4 is 15.8 Å². The van der Waals surface area contributed by atoms with E-state index in [1.807, 2.05) is 19.1 Å². The topological polar surface area (TPSA) is 64.3 Å². The lowest BCUT2D eigenvalue weighted by Crippen LogP contribution is -2.22. The molecule has 0 radical (unpaired) electrons. The van der Waals surface area contributed by atoms with Crippen LogP contribution in [-0.2, 0) is 6.54 Å². The van der Waals surface area contributed by atoms with Crippen molar-refractivity contribution >= 4 is 23.2 Å². The van der Waals surface area contributed by atoms with E-state index in [1.165, 1.54) is 0 Å². The van der Waals surface area contributed by atoms with Crippen LogP contribution in [0.5, 0.6) is 5.75 Å². The number of amides is 1. The predicted octanol–water partition coefficient (Wildman–Crippen LogP) is 3.64. The number of halogens is 1. The normalized spacial score (nSPS) is 10.3. The smallest absolute Gasteiger partial charge is 0.251 e. The van der Waals surface area contributed by atoms with E-state index in [4.69, 9.17) is 22.1 Å². The molecule has 4 nitrogen and oxygen atoms in total. The molecule has 0 heterocycles. The van der Waals surface area contributed by atoms with E-state index in [1.54, 1.807) is 30.3 Å². The molecule has 0 unspecified atom stereocenters. The Morgan fingerprint density at radius 3 is 2.59 bits per heavy atom. The van der Waals surface area contributed by atoms with Crippen molar-refractivity contribution in [1.82, 2.24) is 5.32 Å². The van der Waals surface area contributed by atoms with Crippen molar-refractivity contribution in [1.29, 1.82) is 0 Å². The molecule has 0 aliphatic heterocycles. The Labute approximate surface area is 135 Å². The van der Waals surface area contributed by atoms with Crippen LogP contribution in [-0.4, -0.2) is 12.5 Å². The van der Waals surface area contributed by atoms with Gasteiger partial charge in [0, 0.05) is 17.1 Å². The first-order chi connectivity index (χ1) is 10.6. The van der Waals surface area contributed by atoms with Crippen LogP contribution in [0, 0.1) is 0 Å². The third-order valence-electron chi connectivity index (χ3n) is 3.10. The average molecular weight is 319 g/mol. The Morgan fingerprint density at radius 1 is 1.23 bits per heavy atom. The molecule has 0 aliphatic rings. The lowest BCUT2D eigenvalue weighted by Gasteiger charge is -2.10. The van der Waals surface area contributed by atoms with Gasteiger partial charge in [-0.25, -0.2) is 0 Å². The molecule has 2 rings (SSSR count). The summed E-state index contributed by atoms with van der Waals surface area (Å²) in [6.45, 7) is 3.06. The number of carbonyl (C=O) groups excluding carboxylic acids is 1. The zero-order valence-electron chi connectivity index (χ0n) is 12.4. The first-order valence-electron chi connectivity index (χ1n) is 7.15. The second-order valence-electron chi connectivity index (χ2n) is 4.91. The number of hydrogen-bond acceptors (Lipinski definition) is 3. The van der Waals surface area contributed by atoms with Gasteiger partial charge in [0.15, 0.2) is 0 Å². The third kappa shape index (κ3) is 4.40. The molecule has 2 aromatic rings. The molecule has 22 heavy (non-hydrogen) atoms. The summed E-state index contributed by atoms with van der Waals surface area (Å²) in [5.74, 6) is 0.430. The Bertz CT molecular complexity index is 642. The zero-order valence-corrected chi connectivity index (χ0v) is 13.2. The molecule has 0 bridgehead atoms. The molecule has 0 saturated carbocycles. The Balaban J connectivity index is 1.97. The average Bonchev–Trinajstić information content (AvgIpc) is 2.53. The van der Waals surface area contributed by atoms with Crippen molar-refractivity contribution in [3.05, 3.63) is 58.6 Å². The van der Waals surface area contributed by atoms with E-state index in [9.17, 15) is 4.79 Å². The number of hydrogen-bond donors (Lipinski definition) is 2. The largest absolute Gasteiger partial charge is 0.491 e. The Kier molecular flexibility index (Phi) is 5.67. The highest BCUT2D eigenvalue weighted by molar-refractivity contribution is 6.30. The van der Waals surface area contributed by atoms with Crippen molar-refractivity contribution in [2.75, 3.05) is 12.3 Å². The fourth-order valence-corrected chi connectivity index (χ4v) is 2.05. The van der Waals surface area contributed by atoms with Crippen molar-refractivity contribution < 1.29 is 9.53 Å². The molecule has 0 atom stereocenters. The maximum Gasteiger partial charge on any atom is 0.251 e. The number of nitrogens with one attached hydrogen (secondary N) is 1. The molecule has 0 saturated heterocycles. The molecule has 3 N–H and O–H groups in total. The number of nitrogens with two attached hydrogens (primary N) is 1. The highest BCUT2D eigenvalue weighted by Gasteiger charge is 2.08. The van der Waals surface area contributed by atoms with Gasteiger partial charge in [0.25, 0.3) is 5.91 Å². The van der Waals surface area contributed by atoms with E-state index in [0.717, 1.165) is 12.0 Å². The molecular formula is C17H19ClN2O2. The van der Waals surface area contributed by atoms with Gasteiger partial charge in [0.2, 0.25) is 0 Å². The fraction of sp³-hybridized carbons (Fsp3) is 0.235. The van der Waals surface area contributed by atoms with Crippen LogP contribution >= 0.6 is 11.6 Å². The van der Waals surface area contributed by atoms with Crippen LogP contribution in [0.25, 0.3) is 0 Å². The van der Waals surface area contributed by atoms with Gasteiger partial charge >= 0.3 is 0 Å². The maximum atomic E-state index is 12.1. The molecule has 116 valence electrons. The molecule has 0 fully saturated rings. The Morgan fingerprint density at radius 2 is 1.95 bits per heavy atom. The summed E-state index contributed by atoms with van der Waals surface area (Å²) < 4.78 is 5.49. The summed E-state index contributed by atoms with van der Waals surface area (Å²) >= 11 is 5.83. The van der Waals surface area contributed by atoms with Gasteiger partial charge in [0.05, 0.1) is 12.3 Å². The van der Waals surface area contributed by atoms with Gasteiger partial charge in [0.1, 0.15) is 5.75 Å². The molecule has 0 aromatic heterocycles. The van der Waals surface area contributed by atoms with Gasteiger partial charge in [-0.15, -0.1) is 0 Å². The first-order valence-corrected chi connectivity index (χ1v) is 7.53. The van der Waals surface area contributed by atoms with Gasteiger partial charge in [-0.05, 0) is 42.3 Å². The van der Waals surface area contributed by atoms with Gasteiger partial charge in [-0.3, -0.25) is 4.79 Å². The summed E-state index contributed by atoms with van der Waals surface area (Å²) in [5.41, 5.74) is 7.86. The number of rotatable bonds is 6. The summed E-state index contributed by atoms with van der Waals surface area (Å²) in [5, 5.41) is 3.52. The Hall–Kier alpha value is -2.20. The lowest BCUT2D eigenvalue weighted by molar-refractivity contribution is 0.0951. The van der Waals surface area contributed by atoms with Gasteiger partial charge in [-0.1, -0.05) is 30.7 Å². The van der Waals surface area contributed by atoms with Crippen LogP contribution in [0.15, 0.2) is 42.5 Å². The number of ether oxygens (including phenoxy) is 1. The fourth-order valence-electron chi connectivity index (χ4n) is 1.92. The first kappa shape index (κ1) is 16.2. The van der Waals surface area contributed by atoms with Crippen molar-refractivity contribution in [2.24, 2.45) is 0 Å². The zero-order chi connectivity index (χ0) is 15.9. The SMILES string of the molecule is CCCOc1ccc(C(=O)NCc2ccc(Cl)cc2)cc1N. The van der Waals surface area contributed by atoms with Gasteiger partial charge < -0.3 is 15.8 Å². The number of carbonyl (C=O) groups is 1. The monoisotopic (exact) mass is 318 g/mol. The molecule has 1 amide bonds. The number of nitrogen functional groups attached to an aromatic ring is 1. The minimum absolute atomic E-state index is 0.177. The van der Waals surface area contributed by atoms with Crippen LogP contribution in [0.3, 0.4) is 0 Å². The van der Waals surface area contributed by atoms with Crippen LogP contribution in [0.1, 0.15) is 29.3 Å². The quantitative estimate of drug-likeness (QED) is 0.799. The van der Waals surface area contributed by atoms with Crippen LogP contribution in [0.2, 0.25) is 5.02 Å². The van der Waals surface area contributed by atoms with Gasteiger partial charge in [-0.2, -0.15) is 0 Å². The van der Waals surface area contributed by atoms with Crippen LogP contribution in [0.4, 0.5) is 5.69 Å². The second kappa shape index (κ2) is 7.71. The summed E-state index contributed by atoms with van der Waals surface area (Å²) in [7, 11) is 0. The molecule has 5 heteroatoms. The molecular weight excluding hydrogens is 300 g/mol. The standard InChI is InChI=1S/C17H19ClN2O2/c1-2-9-22-16-8-5-13(10-15(16)19)17(21)20-11-12-3-6-14(18)7-4-12/h3-8,10H,2,9,11,19H2,1H3,(H,20,21). The summed E-state index contributed by atoms with van der Waals surface area (Å²) in [4.78, 5) is 12.1. The van der Waals surface area contributed by atoms with Crippen molar-refractivity contribution in [2.45, 2.75) is 19.9 Å². The summed E-state index contributed by atoms with van der Waals surface area (Å²) in [6, 6.07) is 12.4. The minimum Gasteiger partial charge on any atom is -0.491 e. The molecule has 0 aliphatic carbocycles. The summed E-state index contributed by atoms with van der Waals surface area (Å²) in [6.07, 6.45) is 0.906. The highest BCUT2D eigenvalue weighted by atomic mass is 35.5. The maximum absolute atomic E-state index is 12.1. The highest BCUT2D eigenvalue weighted by Crippen LogP contribution is 2.22. The van der Waals surface area contributed by atoms with E-state index >= 15 is 0 Å². The van der Waals surface area contributed by atoms with Crippen molar-refractivity contribution in [3.8, 4) is 5.75 Å². The van der Waals surface area contributed by atoms with E-state index in [0.29, 0.717) is 35.2 Å². The molecule has 0 spiro atoms.